The van der Waals surface area contributed by atoms with Crippen molar-refractivity contribution < 1.29 is 0 Å². The fraction of sp³-hybridized carbons (Fsp3) is 1.00. The van der Waals surface area contributed by atoms with Crippen LogP contribution < -0.4 is 0 Å². The Kier molecular flexibility index (Phi) is 6.63. The predicted octanol–water partition coefficient (Wildman–Crippen LogP) is 3.48. The highest BCUT2D eigenvalue weighted by atomic mass is 79.9. The van der Waals surface area contributed by atoms with Crippen molar-refractivity contribution in [1.82, 2.24) is 4.90 Å². The van der Waals surface area contributed by atoms with Crippen LogP contribution in [0.3, 0.4) is 0 Å². The molecule has 0 N–H and O–H groups in total. The van der Waals surface area contributed by atoms with Gasteiger partial charge >= 0.3 is 0 Å². The highest BCUT2D eigenvalue weighted by molar-refractivity contribution is 9.09. The average molecular weight is 294 g/mol. The van der Waals surface area contributed by atoms with Crippen LogP contribution >= 0.6 is 27.7 Å². The molecule has 0 bridgehead atoms. The lowest BCUT2D eigenvalue weighted by molar-refractivity contribution is 0.219. The summed E-state index contributed by atoms with van der Waals surface area (Å²) < 4.78 is 0. The van der Waals surface area contributed by atoms with Gasteiger partial charge in [-0.15, -0.1) is 0 Å². The first-order valence-corrected chi connectivity index (χ1v) is 8.24. The maximum Gasteiger partial charge on any atom is 0.0172 e. The van der Waals surface area contributed by atoms with Crippen LogP contribution in [-0.2, 0) is 0 Å². The van der Waals surface area contributed by atoms with Crippen LogP contribution in [0.5, 0.6) is 0 Å². The minimum absolute atomic E-state index is 0.791. The molecule has 2 atom stereocenters. The molecule has 3 heteroatoms. The molecule has 15 heavy (non-hydrogen) atoms. The molecular weight excluding hydrogens is 270 g/mol. The van der Waals surface area contributed by atoms with Crippen LogP contribution in [0, 0.1) is 11.8 Å². The number of halogens is 1. The second-order valence-electron chi connectivity index (χ2n) is 4.82. The van der Waals surface area contributed by atoms with E-state index in [4.69, 9.17) is 0 Å². The third-order valence-corrected chi connectivity index (χ3v) is 5.52. The van der Waals surface area contributed by atoms with Gasteiger partial charge in [0.25, 0.3) is 0 Å². The summed E-state index contributed by atoms with van der Waals surface area (Å²) >= 11 is 5.80. The monoisotopic (exact) mass is 293 g/mol. The summed E-state index contributed by atoms with van der Waals surface area (Å²) in [6.07, 6.45) is 1.32. The minimum Gasteiger partial charge on any atom is -0.301 e. The zero-order valence-electron chi connectivity index (χ0n) is 10.2. The van der Waals surface area contributed by atoms with Crippen molar-refractivity contribution >= 4 is 27.7 Å². The molecule has 0 aromatic rings. The molecule has 0 saturated carbocycles. The third kappa shape index (κ3) is 4.66. The summed E-state index contributed by atoms with van der Waals surface area (Å²) in [7, 11) is 0. The highest BCUT2D eigenvalue weighted by Gasteiger charge is 2.22. The normalized spacial score (nSPS) is 25.8. The van der Waals surface area contributed by atoms with Crippen LogP contribution in [-0.4, -0.2) is 40.9 Å². The van der Waals surface area contributed by atoms with E-state index in [1.165, 1.54) is 31.8 Å². The lowest BCUT2D eigenvalue weighted by Gasteiger charge is -2.35. The molecule has 1 rings (SSSR count). The van der Waals surface area contributed by atoms with Gasteiger partial charge in [-0.05, 0) is 18.3 Å². The second-order valence-corrected chi connectivity index (χ2v) is 6.87. The second kappa shape index (κ2) is 7.18. The van der Waals surface area contributed by atoms with Gasteiger partial charge in [-0.3, -0.25) is 0 Å². The number of nitrogens with zero attached hydrogens (tertiary/aromatic N) is 1. The van der Waals surface area contributed by atoms with E-state index in [1.807, 2.05) is 0 Å². The summed E-state index contributed by atoms with van der Waals surface area (Å²) in [5.41, 5.74) is 0. The van der Waals surface area contributed by atoms with E-state index < -0.39 is 0 Å². The first kappa shape index (κ1) is 13.9. The van der Waals surface area contributed by atoms with Gasteiger partial charge in [-0.25, -0.2) is 0 Å². The molecular formula is C12H24BrNS. The fourth-order valence-corrected chi connectivity index (χ4v) is 4.16. The molecule has 1 aliphatic rings. The van der Waals surface area contributed by atoms with Gasteiger partial charge in [0.05, 0.1) is 0 Å². The summed E-state index contributed by atoms with van der Waals surface area (Å²) in [6.45, 7) is 10.9. The van der Waals surface area contributed by atoms with E-state index in [-0.39, 0.29) is 0 Å². The number of thioether (sulfide) groups is 1. The van der Waals surface area contributed by atoms with Crippen molar-refractivity contribution in [3.63, 3.8) is 0 Å². The van der Waals surface area contributed by atoms with Crippen molar-refractivity contribution in [3.05, 3.63) is 0 Å². The Balaban J connectivity index is 2.36. The van der Waals surface area contributed by atoms with Gasteiger partial charge in [-0.2, -0.15) is 11.8 Å². The Morgan fingerprint density at radius 2 is 2.20 bits per heavy atom. The summed E-state index contributed by atoms with van der Waals surface area (Å²) in [4.78, 5) is 2.66. The first-order valence-electron chi connectivity index (χ1n) is 6.07. The van der Waals surface area contributed by atoms with Gasteiger partial charge in [0.1, 0.15) is 0 Å². The van der Waals surface area contributed by atoms with Crippen LogP contribution in [0.25, 0.3) is 0 Å². The standard InChI is InChI=1S/C12H24BrNS/c1-4-12-9-14(5-6-15-12)8-11(7-13)10(2)3/h10-12H,4-9H2,1-3H3. The van der Waals surface area contributed by atoms with Gasteiger partial charge in [0.2, 0.25) is 0 Å². The highest BCUT2D eigenvalue weighted by Crippen LogP contribution is 2.23. The molecule has 90 valence electrons. The van der Waals surface area contributed by atoms with E-state index in [2.05, 4.69) is 53.4 Å². The van der Waals surface area contributed by atoms with Gasteiger partial charge in [0.15, 0.2) is 0 Å². The minimum atomic E-state index is 0.791. The Hall–Kier alpha value is 0.790. The Morgan fingerprint density at radius 3 is 2.73 bits per heavy atom. The maximum absolute atomic E-state index is 3.64. The first-order chi connectivity index (χ1) is 7.17. The third-order valence-electron chi connectivity index (χ3n) is 3.31. The van der Waals surface area contributed by atoms with Crippen LogP contribution in [0.4, 0.5) is 0 Å². The van der Waals surface area contributed by atoms with Gasteiger partial charge in [0, 0.05) is 36.0 Å². The molecule has 1 heterocycles. The molecule has 0 aliphatic carbocycles. The number of rotatable bonds is 5. The van der Waals surface area contributed by atoms with Gasteiger partial charge in [-0.1, -0.05) is 36.7 Å². The maximum atomic E-state index is 3.64. The largest absolute Gasteiger partial charge is 0.301 e. The molecule has 0 aromatic heterocycles. The molecule has 1 fully saturated rings. The number of hydrogen-bond acceptors (Lipinski definition) is 2. The average Bonchev–Trinajstić information content (AvgIpc) is 2.25. The summed E-state index contributed by atoms with van der Waals surface area (Å²) in [6, 6.07) is 0. The molecule has 2 unspecified atom stereocenters. The van der Waals surface area contributed by atoms with Crippen molar-refractivity contribution in [2.24, 2.45) is 11.8 Å². The molecule has 0 amide bonds. The van der Waals surface area contributed by atoms with E-state index >= 15 is 0 Å². The SMILES string of the molecule is CCC1CN(CC(CBr)C(C)C)CCS1. The molecule has 1 nitrogen and oxygen atoms in total. The fourth-order valence-electron chi connectivity index (χ4n) is 1.96. The summed E-state index contributed by atoms with van der Waals surface area (Å²) in [5.74, 6) is 2.93. The Bertz CT molecular complexity index is 175. The molecule has 1 saturated heterocycles. The quantitative estimate of drug-likeness (QED) is 0.714. The Morgan fingerprint density at radius 1 is 1.47 bits per heavy atom. The van der Waals surface area contributed by atoms with Crippen LogP contribution in [0.1, 0.15) is 27.2 Å². The van der Waals surface area contributed by atoms with E-state index in [0.717, 1.165) is 22.4 Å². The number of alkyl halides is 1. The van der Waals surface area contributed by atoms with Crippen LogP contribution in [0.15, 0.2) is 0 Å². The Labute approximate surface area is 107 Å². The molecule has 0 spiro atoms. The zero-order valence-corrected chi connectivity index (χ0v) is 12.6. The predicted molar refractivity (Wildman–Crippen MR) is 75.1 cm³/mol. The topological polar surface area (TPSA) is 3.24 Å². The van der Waals surface area contributed by atoms with Crippen molar-refractivity contribution in [3.8, 4) is 0 Å². The van der Waals surface area contributed by atoms with E-state index in [9.17, 15) is 0 Å². The summed E-state index contributed by atoms with van der Waals surface area (Å²) in [5, 5.41) is 2.02. The van der Waals surface area contributed by atoms with Gasteiger partial charge < -0.3 is 4.90 Å². The number of hydrogen-bond donors (Lipinski definition) is 0. The van der Waals surface area contributed by atoms with E-state index in [0.29, 0.717) is 0 Å². The van der Waals surface area contributed by atoms with Crippen molar-refractivity contribution in [1.29, 1.82) is 0 Å². The van der Waals surface area contributed by atoms with E-state index in [1.54, 1.807) is 0 Å². The lowest BCUT2D eigenvalue weighted by atomic mass is 9.97. The zero-order chi connectivity index (χ0) is 11.3. The van der Waals surface area contributed by atoms with Crippen molar-refractivity contribution in [2.75, 3.05) is 30.7 Å². The molecule has 1 aliphatic heterocycles. The van der Waals surface area contributed by atoms with Crippen molar-refractivity contribution in [2.45, 2.75) is 32.4 Å². The lowest BCUT2D eigenvalue weighted by Crippen LogP contribution is -2.41. The molecule has 0 radical (unpaired) electrons. The smallest absolute Gasteiger partial charge is 0.0172 e. The molecule has 0 aromatic carbocycles. The van der Waals surface area contributed by atoms with Crippen LogP contribution in [0.2, 0.25) is 0 Å².